The molecule has 2 aromatic heterocycles. The Balaban J connectivity index is 1.19. The van der Waals surface area contributed by atoms with E-state index in [2.05, 4.69) is 31.0 Å². The molecule has 1 saturated heterocycles. The lowest BCUT2D eigenvalue weighted by Gasteiger charge is -2.39. The molecule has 1 N–H and O–H groups in total. The third-order valence-electron chi connectivity index (χ3n) is 7.48. The van der Waals surface area contributed by atoms with E-state index in [1.54, 1.807) is 18.5 Å². The Kier molecular flexibility index (Phi) is 7.72. The van der Waals surface area contributed by atoms with Crippen LogP contribution in [0.25, 0.3) is 11.3 Å². The van der Waals surface area contributed by atoms with E-state index in [0.29, 0.717) is 34.9 Å². The summed E-state index contributed by atoms with van der Waals surface area (Å²) >= 11 is 0. The van der Waals surface area contributed by atoms with Crippen molar-refractivity contribution < 1.29 is 22.3 Å². The van der Waals surface area contributed by atoms with Crippen LogP contribution in [0.15, 0.2) is 53.2 Å². The van der Waals surface area contributed by atoms with E-state index in [0.717, 1.165) is 50.9 Å². The molecule has 38 heavy (non-hydrogen) atoms. The van der Waals surface area contributed by atoms with Crippen LogP contribution in [0.3, 0.4) is 0 Å². The first-order chi connectivity index (χ1) is 18.4. The SMILES string of the molecule is N#Cc1ccc(N2CCC[C@H](C[C@@H]3CCCCC3Nc3ncc(-c4ccc(OC(F)(F)F)cc4)o3)C2)cn1. The molecule has 1 aliphatic carbocycles. The van der Waals surface area contributed by atoms with Crippen molar-refractivity contribution in [2.75, 3.05) is 23.3 Å². The van der Waals surface area contributed by atoms with Crippen molar-refractivity contribution in [3.63, 3.8) is 0 Å². The van der Waals surface area contributed by atoms with Gasteiger partial charge in [-0.1, -0.05) is 12.8 Å². The molecule has 0 amide bonds. The van der Waals surface area contributed by atoms with Gasteiger partial charge in [-0.2, -0.15) is 5.26 Å². The molecule has 0 radical (unpaired) electrons. The highest BCUT2D eigenvalue weighted by Crippen LogP contribution is 2.36. The lowest BCUT2D eigenvalue weighted by molar-refractivity contribution is -0.274. The molecule has 1 aromatic carbocycles. The van der Waals surface area contributed by atoms with E-state index in [1.165, 1.54) is 37.1 Å². The Bertz CT molecular complexity index is 1240. The molecular formula is C28H30F3N5O2. The van der Waals surface area contributed by atoms with Gasteiger partial charge >= 0.3 is 6.36 Å². The molecule has 7 nitrogen and oxygen atoms in total. The predicted molar refractivity (Wildman–Crippen MR) is 136 cm³/mol. The Morgan fingerprint density at radius 2 is 1.84 bits per heavy atom. The fourth-order valence-corrected chi connectivity index (χ4v) is 5.69. The third-order valence-corrected chi connectivity index (χ3v) is 7.48. The minimum Gasteiger partial charge on any atom is -0.424 e. The molecule has 2 fully saturated rings. The number of halogens is 3. The smallest absolute Gasteiger partial charge is 0.424 e. The van der Waals surface area contributed by atoms with E-state index in [4.69, 9.17) is 9.68 Å². The van der Waals surface area contributed by atoms with Crippen molar-refractivity contribution in [2.45, 2.75) is 57.3 Å². The summed E-state index contributed by atoms with van der Waals surface area (Å²) in [6.07, 6.45) is 6.66. The molecule has 1 saturated carbocycles. The fraction of sp³-hybridized carbons (Fsp3) is 0.464. The second-order valence-electron chi connectivity index (χ2n) is 10.1. The first-order valence-electron chi connectivity index (χ1n) is 13.1. The highest BCUT2D eigenvalue weighted by Gasteiger charge is 2.32. The molecule has 2 aliphatic rings. The number of alkyl halides is 3. The van der Waals surface area contributed by atoms with Crippen LogP contribution in [0.1, 0.15) is 50.6 Å². The van der Waals surface area contributed by atoms with E-state index < -0.39 is 6.36 Å². The van der Waals surface area contributed by atoms with Gasteiger partial charge in [0, 0.05) is 24.7 Å². The van der Waals surface area contributed by atoms with Gasteiger partial charge in [-0.3, -0.25) is 0 Å². The summed E-state index contributed by atoms with van der Waals surface area (Å²) in [6, 6.07) is 12.1. The van der Waals surface area contributed by atoms with Crippen LogP contribution in [0.2, 0.25) is 0 Å². The van der Waals surface area contributed by atoms with Crippen LogP contribution in [-0.4, -0.2) is 35.5 Å². The van der Waals surface area contributed by atoms with Crippen molar-refractivity contribution in [1.29, 1.82) is 5.26 Å². The molecule has 3 aromatic rings. The van der Waals surface area contributed by atoms with E-state index >= 15 is 0 Å². The topological polar surface area (TPSA) is 87.2 Å². The zero-order valence-corrected chi connectivity index (χ0v) is 21.0. The maximum Gasteiger partial charge on any atom is 0.573 e. The number of nitrogens with zero attached hydrogens (tertiary/aromatic N) is 4. The fourth-order valence-electron chi connectivity index (χ4n) is 5.69. The van der Waals surface area contributed by atoms with Crippen LogP contribution >= 0.6 is 0 Å². The number of piperidine rings is 1. The highest BCUT2D eigenvalue weighted by molar-refractivity contribution is 5.58. The molecule has 10 heteroatoms. The predicted octanol–water partition coefficient (Wildman–Crippen LogP) is 6.78. The molecule has 3 atom stereocenters. The number of oxazole rings is 1. The molecule has 1 unspecified atom stereocenters. The number of hydrogen-bond acceptors (Lipinski definition) is 7. The molecule has 200 valence electrons. The first-order valence-corrected chi connectivity index (χ1v) is 13.1. The van der Waals surface area contributed by atoms with Gasteiger partial charge < -0.3 is 19.4 Å². The Morgan fingerprint density at radius 3 is 2.58 bits per heavy atom. The summed E-state index contributed by atoms with van der Waals surface area (Å²) in [5.41, 5.74) is 2.12. The van der Waals surface area contributed by atoms with Crippen LogP contribution in [0, 0.1) is 23.2 Å². The molecule has 1 aliphatic heterocycles. The highest BCUT2D eigenvalue weighted by atomic mass is 19.4. The Labute approximate surface area is 219 Å². The number of nitrogens with one attached hydrogen (secondary N) is 1. The van der Waals surface area contributed by atoms with E-state index in [-0.39, 0.29) is 11.8 Å². The summed E-state index contributed by atoms with van der Waals surface area (Å²) in [7, 11) is 0. The summed E-state index contributed by atoms with van der Waals surface area (Å²) in [5, 5.41) is 12.5. The third kappa shape index (κ3) is 6.57. The minimum absolute atomic E-state index is 0.254. The van der Waals surface area contributed by atoms with Gasteiger partial charge in [0.15, 0.2) is 5.76 Å². The maximum atomic E-state index is 12.4. The standard InChI is InChI=1S/C28H30F3N5O2/c29-28(30,31)38-24-11-7-20(8-12-24)26-17-34-27(37-26)35-25-6-2-1-5-21(25)14-19-4-3-13-36(18-19)23-10-9-22(15-32)33-16-23/h7-12,16-17,19,21,25H,1-6,13-14,18H2,(H,34,35)/t19-,21+,25?/m1/s1. The molecular weight excluding hydrogens is 495 g/mol. The number of hydrogen-bond donors (Lipinski definition) is 1. The van der Waals surface area contributed by atoms with Crippen LogP contribution < -0.4 is 15.0 Å². The largest absolute Gasteiger partial charge is 0.573 e. The first kappa shape index (κ1) is 25.9. The van der Waals surface area contributed by atoms with Gasteiger partial charge in [0.2, 0.25) is 0 Å². The van der Waals surface area contributed by atoms with E-state index in [9.17, 15) is 13.2 Å². The zero-order valence-electron chi connectivity index (χ0n) is 21.0. The van der Waals surface area contributed by atoms with Crippen molar-refractivity contribution in [2.24, 2.45) is 11.8 Å². The summed E-state index contributed by atoms with van der Waals surface area (Å²) < 4.78 is 47.1. The van der Waals surface area contributed by atoms with Crippen molar-refractivity contribution >= 4 is 11.7 Å². The number of anilines is 2. The average molecular weight is 526 g/mol. The van der Waals surface area contributed by atoms with Gasteiger partial charge in [0.1, 0.15) is 17.5 Å². The second kappa shape index (κ2) is 11.3. The Morgan fingerprint density at radius 1 is 1.03 bits per heavy atom. The van der Waals surface area contributed by atoms with Gasteiger partial charge in [0.25, 0.3) is 6.01 Å². The van der Waals surface area contributed by atoms with E-state index in [1.807, 2.05) is 6.07 Å². The number of pyridine rings is 1. The van der Waals surface area contributed by atoms with Crippen molar-refractivity contribution in [3.05, 3.63) is 54.5 Å². The van der Waals surface area contributed by atoms with Gasteiger partial charge in [-0.25, -0.2) is 9.97 Å². The van der Waals surface area contributed by atoms with Gasteiger partial charge in [0.05, 0.1) is 18.1 Å². The zero-order chi connectivity index (χ0) is 26.5. The molecule has 3 heterocycles. The quantitative estimate of drug-likeness (QED) is 0.364. The number of ether oxygens (including phenoxy) is 1. The lowest BCUT2D eigenvalue weighted by Crippen LogP contribution is -2.39. The summed E-state index contributed by atoms with van der Waals surface area (Å²) in [6.45, 7) is 1.98. The van der Waals surface area contributed by atoms with Gasteiger partial charge in [-0.15, -0.1) is 13.2 Å². The minimum atomic E-state index is -4.72. The van der Waals surface area contributed by atoms with Crippen LogP contribution in [0.4, 0.5) is 24.9 Å². The van der Waals surface area contributed by atoms with Gasteiger partial charge in [-0.05, 0) is 80.3 Å². The monoisotopic (exact) mass is 525 g/mol. The maximum absolute atomic E-state index is 12.4. The number of nitriles is 1. The van der Waals surface area contributed by atoms with Crippen LogP contribution in [-0.2, 0) is 0 Å². The lowest BCUT2D eigenvalue weighted by atomic mass is 9.77. The number of rotatable bonds is 7. The molecule has 0 spiro atoms. The molecule has 0 bridgehead atoms. The summed E-state index contributed by atoms with van der Waals surface area (Å²) in [4.78, 5) is 11.0. The number of benzene rings is 1. The van der Waals surface area contributed by atoms with Crippen LogP contribution in [0.5, 0.6) is 5.75 Å². The summed E-state index contributed by atoms with van der Waals surface area (Å²) in [5.74, 6) is 1.28. The van der Waals surface area contributed by atoms with Crippen molar-refractivity contribution in [3.8, 4) is 23.1 Å². The normalized spacial score (nSPS) is 22.1. The number of aromatic nitrogens is 2. The molecule has 5 rings (SSSR count). The second-order valence-corrected chi connectivity index (χ2v) is 10.1. The van der Waals surface area contributed by atoms with Crippen molar-refractivity contribution in [1.82, 2.24) is 9.97 Å². The average Bonchev–Trinajstić information content (AvgIpc) is 3.38. The Hall–Kier alpha value is -3.74.